The van der Waals surface area contributed by atoms with Gasteiger partial charge in [-0.25, -0.2) is 0 Å². The molecule has 0 aliphatic carbocycles. The average molecular weight is 266 g/mol. The highest BCUT2D eigenvalue weighted by molar-refractivity contribution is 9.10. The summed E-state index contributed by atoms with van der Waals surface area (Å²) in [6, 6.07) is 1.83. The topological polar surface area (TPSA) is 18.5 Å². The minimum absolute atomic E-state index is 0.578. The van der Waals surface area contributed by atoms with Crippen molar-refractivity contribution in [1.29, 1.82) is 0 Å². The minimum atomic E-state index is 0.578. The van der Waals surface area contributed by atoms with Crippen molar-refractivity contribution in [2.75, 3.05) is 14.2 Å². The lowest BCUT2D eigenvalue weighted by Gasteiger charge is -2.11. The van der Waals surface area contributed by atoms with Crippen LogP contribution in [-0.2, 0) is 0 Å². The van der Waals surface area contributed by atoms with E-state index >= 15 is 0 Å². The molecule has 0 bridgehead atoms. The molecule has 0 amide bonds. The molecule has 2 nitrogen and oxygen atoms in total. The maximum Gasteiger partial charge on any atom is 0.152 e. The van der Waals surface area contributed by atoms with Gasteiger partial charge in [-0.15, -0.1) is 0 Å². The van der Waals surface area contributed by atoms with Gasteiger partial charge in [0.25, 0.3) is 0 Å². The van der Waals surface area contributed by atoms with Crippen LogP contribution in [0.5, 0.6) is 11.5 Å². The first kappa shape index (κ1) is 10.7. The summed E-state index contributed by atoms with van der Waals surface area (Å²) in [7, 11) is 3.19. The molecule has 0 aliphatic rings. The highest BCUT2D eigenvalue weighted by atomic mass is 79.9. The lowest BCUT2D eigenvalue weighted by molar-refractivity contribution is 0.398. The van der Waals surface area contributed by atoms with E-state index in [4.69, 9.17) is 21.1 Å². The molecule has 0 saturated heterocycles. The number of hydrogen-bond acceptors (Lipinski definition) is 2. The SMILES string of the molecule is COc1cc(Br)c(OC)c(Cl)c1C. The van der Waals surface area contributed by atoms with Crippen LogP contribution in [-0.4, -0.2) is 14.2 Å². The van der Waals surface area contributed by atoms with E-state index in [1.807, 2.05) is 13.0 Å². The minimum Gasteiger partial charge on any atom is -0.496 e. The fourth-order valence-corrected chi connectivity index (χ4v) is 2.03. The van der Waals surface area contributed by atoms with Crippen LogP contribution in [0, 0.1) is 6.92 Å². The molecule has 0 fully saturated rings. The second-order valence-electron chi connectivity index (χ2n) is 2.53. The first-order chi connectivity index (χ1) is 6.11. The van der Waals surface area contributed by atoms with Gasteiger partial charge in [0.15, 0.2) is 5.75 Å². The summed E-state index contributed by atoms with van der Waals surface area (Å²) in [6.07, 6.45) is 0. The Labute approximate surface area is 90.9 Å². The molecular formula is C9H10BrClO2. The molecule has 0 aliphatic heterocycles. The van der Waals surface area contributed by atoms with Crippen molar-refractivity contribution < 1.29 is 9.47 Å². The number of halogens is 2. The number of methoxy groups -OCH3 is 2. The smallest absolute Gasteiger partial charge is 0.152 e. The molecule has 1 rings (SSSR count). The van der Waals surface area contributed by atoms with Gasteiger partial charge >= 0.3 is 0 Å². The van der Waals surface area contributed by atoms with Crippen LogP contribution < -0.4 is 9.47 Å². The van der Waals surface area contributed by atoms with Gasteiger partial charge in [0.1, 0.15) is 5.75 Å². The fourth-order valence-electron chi connectivity index (χ4n) is 1.07. The molecule has 0 radical (unpaired) electrons. The summed E-state index contributed by atoms with van der Waals surface area (Å²) in [5.41, 5.74) is 0.879. The molecule has 0 heterocycles. The molecule has 72 valence electrons. The number of rotatable bonds is 2. The summed E-state index contributed by atoms with van der Waals surface area (Å²) in [5, 5.41) is 0.578. The molecule has 1 aromatic rings. The van der Waals surface area contributed by atoms with E-state index in [-0.39, 0.29) is 0 Å². The average Bonchev–Trinajstić information content (AvgIpc) is 2.12. The predicted octanol–water partition coefficient (Wildman–Crippen LogP) is 3.43. The lowest BCUT2D eigenvalue weighted by Crippen LogP contribution is -1.92. The van der Waals surface area contributed by atoms with E-state index in [1.165, 1.54) is 0 Å². The van der Waals surface area contributed by atoms with Crippen molar-refractivity contribution in [2.45, 2.75) is 6.92 Å². The molecule has 0 spiro atoms. The van der Waals surface area contributed by atoms with Crippen molar-refractivity contribution in [3.63, 3.8) is 0 Å². The van der Waals surface area contributed by atoms with Gasteiger partial charge in [0.05, 0.1) is 23.7 Å². The third-order valence-corrected chi connectivity index (χ3v) is 2.84. The van der Waals surface area contributed by atoms with Gasteiger partial charge in [-0.1, -0.05) is 11.6 Å². The summed E-state index contributed by atoms with van der Waals surface area (Å²) < 4.78 is 11.1. The second kappa shape index (κ2) is 4.20. The largest absolute Gasteiger partial charge is 0.496 e. The molecule has 0 aromatic heterocycles. The Kier molecular flexibility index (Phi) is 3.45. The highest BCUT2D eigenvalue weighted by Crippen LogP contribution is 2.40. The first-order valence-corrected chi connectivity index (χ1v) is 4.85. The standard InChI is InChI=1S/C9H10BrClO2/c1-5-7(12-2)4-6(10)9(13-3)8(5)11/h4H,1-3H3. The van der Waals surface area contributed by atoms with Crippen molar-refractivity contribution in [3.05, 3.63) is 21.1 Å². The summed E-state index contributed by atoms with van der Waals surface area (Å²) in [5.74, 6) is 1.39. The quantitative estimate of drug-likeness (QED) is 0.816. The van der Waals surface area contributed by atoms with Crippen LogP contribution in [0.1, 0.15) is 5.56 Å². The summed E-state index contributed by atoms with van der Waals surface area (Å²) in [4.78, 5) is 0. The Morgan fingerprint density at radius 2 is 1.92 bits per heavy atom. The normalized spacial score (nSPS) is 9.92. The molecular weight excluding hydrogens is 255 g/mol. The van der Waals surface area contributed by atoms with E-state index in [0.29, 0.717) is 10.8 Å². The van der Waals surface area contributed by atoms with Crippen LogP contribution in [0.4, 0.5) is 0 Å². The van der Waals surface area contributed by atoms with Crippen LogP contribution >= 0.6 is 27.5 Å². The summed E-state index contributed by atoms with van der Waals surface area (Å²) in [6.45, 7) is 1.89. The number of ether oxygens (including phenoxy) is 2. The van der Waals surface area contributed by atoms with Crippen molar-refractivity contribution in [1.82, 2.24) is 0 Å². The number of benzene rings is 1. The van der Waals surface area contributed by atoms with E-state index in [0.717, 1.165) is 15.8 Å². The zero-order valence-electron chi connectivity index (χ0n) is 7.65. The van der Waals surface area contributed by atoms with Crippen molar-refractivity contribution >= 4 is 27.5 Å². The Balaban J connectivity index is 3.37. The zero-order valence-corrected chi connectivity index (χ0v) is 9.99. The Morgan fingerprint density at radius 3 is 2.38 bits per heavy atom. The molecule has 0 N–H and O–H groups in total. The molecule has 0 unspecified atom stereocenters. The molecule has 13 heavy (non-hydrogen) atoms. The van der Waals surface area contributed by atoms with E-state index < -0.39 is 0 Å². The van der Waals surface area contributed by atoms with E-state index in [1.54, 1.807) is 14.2 Å². The molecule has 0 atom stereocenters. The Bertz CT molecular complexity index is 326. The van der Waals surface area contributed by atoms with Crippen LogP contribution in [0.25, 0.3) is 0 Å². The number of hydrogen-bond donors (Lipinski definition) is 0. The molecule has 1 aromatic carbocycles. The highest BCUT2D eigenvalue weighted by Gasteiger charge is 2.13. The van der Waals surface area contributed by atoms with Gasteiger partial charge in [-0.3, -0.25) is 0 Å². The Morgan fingerprint density at radius 1 is 1.31 bits per heavy atom. The molecule has 4 heteroatoms. The van der Waals surface area contributed by atoms with Gasteiger partial charge in [-0.2, -0.15) is 0 Å². The van der Waals surface area contributed by atoms with E-state index in [9.17, 15) is 0 Å². The van der Waals surface area contributed by atoms with E-state index in [2.05, 4.69) is 15.9 Å². The Hall–Kier alpha value is -0.410. The van der Waals surface area contributed by atoms with Crippen LogP contribution in [0.15, 0.2) is 10.5 Å². The van der Waals surface area contributed by atoms with Gasteiger partial charge < -0.3 is 9.47 Å². The lowest BCUT2D eigenvalue weighted by atomic mass is 10.2. The zero-order chi connectivity index (χ0) is 10.0. The second-order valence-corrected chi connectivity index (χ2v) is 3.77. The van der Waals surface area contributed by atoms with Crippen LogP contribution in [0.2, 0.25) is 5.02 Å². The monoisotopic (exact) mass is 264 g/mol. The third kappa shape index (κ3) is 1.92. The fraction of sp³-hybridized carbons (Fsp3) is 0.333. The molecule has 0 saturated carbocycles. The van der Waals surface area contributed by atoms with Gasteiger partial charge in [0, 0.05) is 5.56 Å². The van der Waals surface area contributed by atoms with Crippen molar-refractivity contribution in [3.8, 4) is 11.5 Å². The third-order valence-electron chi connectivity index (χ3n) is 1.80. The maximum atomic E-state index is 6.05. The van der Waals surface area contributed by atoms with Crippen LogP contribution in [0.3, 0.4) is 0 Å². The van der Waals surface area contributed by atoms with Crippen molar-refractivity contribution in [2.24, 2.45) is 0 Å². The summed E-state index contributed by atoms with van der Waals surface area (Å²) >= 11 is 9.39. The van der Waals surface area contributed by atoms with Gasteiger partial charge in [0.2, 0.25) is 0 Å². The maximum absolute atomic E-state index is 6.05. The predicted molar refractivity (Wildman–Crippen MR) is 57.0 cm³/mol. The van der Waals surface area contributed by atoms with Gasteiger partial charge in [-0.05, 0) is 28.9 Å². The first-order valence-electron chi connectivity index (χ1n) is 3.68.